The van der Waals surface area contributed by atoms with Gasteiger partial charge >= 0.3 is 0 Å². The highest BCUT2D eigenvalue weighted by Gasteiger charge is 2.25. The molecule has 2 aliphatic heterocycles. The number of hydrogen-bond acceptors (Lipinski definition) is 6. The first kappa shape index (κ1) is 34.2. The molecule has 3 aromatic rings. The van der Waals surface area contributed by atoms with Crippen LogP contribution in [0.3, 0.4) is 0 Å². The molecular formula is C40H53N5O3. The minimum Gasteiger partial charge on any atom is -0.381 e. The lowest BCUT2D eigenvalue weighted by atomic mass is 9.90. The summed E-state index contributed by atoms with van der Waals surface area (Å²) in [5.74, 6) is -0.156. The van der Waals surface area contributed by atoms with Gasteiger partial charge < -0.3 is 24.8 Å². The van der Waals surface area contributed by atoms with Crippen LogP contribution in [0.15, 0.2) is 41.2 Å². The van der Waals surface area contributed by atoms with Crippen LogP contribution in [0.2, 0.25) is 0 Å². The van der Waals surface area contributed by atoms with Crippen LogP contribution in [-0.2, 0) is 30.7 Å². The normalized spacial score (nSPS) is 17.8. The van der Waals surface area contributed by atoms with Gasteiger partial charge in [-0.25, -0.2) is 0 Å². The van der Waals surface area contributed by atoms with Gasteiger partial charge in [0, 0.05) is 87.6 Å². The largest absolute Gasteiger partial charge is 0.381 e. The molecule has 2 N–H and O–H groups in total. The van der Waals surface area contributed by atoms with Crippen LogP contribution in [0.1, 0.15) is 87.6 Å². The summed E-state index contributed by atoms with van der Waals surface area (Å²) in [6.07, 6.45) is 10.3. The fraction of sp³-hybridized carbons (Fsp3) is 0.500. The number of rotatable bonds is 10. The van der Waals surface area contributed by atoms with Gasteiger partial charge in [-0.15, -0.1) is 0 Å². The number of fused-ring (bicyclic) bond motifs is 1. The van der Waals surface area contributed by atoms with E-state index >= 15 is 0 Å². The van der Waals surface area contributed by atoms with Crippen molar-refractivity contribution < 1.29 is 9.53 Å². The maximum absolute atomic E-state index is 13.9. The standard InChI is InChI=1S/C40H53N5O3/c1-5-45(33-16-22-48-23-17-33)38-25-32(15-12-30-10-13-31(14-11-30)27-44-20-18-43(4)19-21-44)24-35(29(38)3)39(46)41-26-36-28(2)34-8-6-7-9-37(34)42-40(36)47/h10-15,24-25,33H,5-9,16-23,26-27H2,1-4H3,(H,41,46)(H,42,47)/b15-12+. The second-order valence-electron chi connectivity index (χ2n) is 13.9. The SMILES string of the molecule is CCN(c1cc(/C=C/c2ccc(CN3CCN(C)CC3)cc2)cc(C(=O)NCc2c(C)c3c([nH]c2=O)CCCC3)c1C)C1CCOCC1. The van der Waals surface area contributed by atoms with Crippen molar-refractivity contribution >= 4 is 23.7 Å². The number of amides is 1. The van der Waals surface area contributed by atoms with E-state index in [9.17, 15) is 9.59 Å². The molecule has 6 rings (SSSR count). The molecule has 8 heteroatoms. The lowest BCUT2D eigenvalue weighted by Crippen LogP contribution is -2.43. The van der Waals surface area contributed by atoms with E-state index in [4.69, 9.17) is 4.74 Å². The molecule has 3 heterocycles. The minimum atomic E-state index is -0.156. The fourth-order valence-electron chi connectivity index (χ4n) is 7.66. The molecule has 2 fully saturated rings. The molecule has 1 amide bonds. The molecule has 1 aromatic heterocycles. The van der Waals surface area contributed by atoms with Crippen molar-refractivity contribution in [2.75, 3.05) is 57.9 Å². The van der Waals surface area contributed by atoms with Gasteiger partial charge in [0.15, 0.2) is 0 Å². The zero-order valence-corrected chi connectivity index (χ0v) is 29.4. The Hall–Kier alpha value is -3.72. The Kier molecular flexibility index (Phi) is 11.1. The van der Waals surface area contributed by atoms with Crippen molar-refractivity contribution in [3.63, 3.8) is 0 Å². The Morgan fingerprint density at radius 1 is 0.979 bits per heavy atom. The summed E-state index contributed by atoms with van der Waals surface area (Å²) < 4.78 is 5.68. The lowest BCUT2D eigenvalue weighted by Gasteiger charge is -2.36. The van der Waals surface area contributed by atoms with E-state index < -0.39 is 0 Å². The van der Waals surface area contributed by atoms with Crippen molar-refractivity contribution in [2.45, 2.75) is 78.4 Å². The average Bonchev–Trinajstić information content (AvgIpc) is 3.10. The van der Waals surface area contributed by atoms with Crippen molar-refractivity contribution in [2.24, 2.45) is 0 Å². The molecule has 0 saturated carbocycles. The van der Waals surface area contributed by atoms with E-state index in [1.807, 2.05) is 13.0 Å². The molecule has 0 unspecified atom stereocenters. The topological polar surface area (TPSA) is 80.9 Å². The summed E-state index contributed by atoms with van der Waals surface area (Å²) in [7, 11) is 2.19. The van der Waals surface area contributed by atoms with E-state index in [0.29, 0.717) is 17.2 Å². The van der Waals surface area contributed by atoms with E-state index in [1.54, 1.807) is 0 Å². The third-order valence-corrected chi connectivity index (χ3v) is 10.7. The second kappa shape index (κ2) is 15.7. The average molecular weight is 652 g/mol. The van der Waals surface area contributed by atoms with E-state index in [-0.39, 0.29) is 18.0 Å². The van der Waals surface area contributed by atoms with Gasteiger partial charge in [-0.05, 0) is 112 Å². The van der Waals surface area contributed by atoms with Gasteiger partial charge in [0.05, 0.1) is 0 Å². The number of H-pyrrole nitrogens is 1. The summed E-state index contributed by atoms with van der Waals surface area (Å²) in [5.41, 5.74) is 10.0. The smallest absolute Gasteiger partial charge is 0.253 e. The summed E-state index contributed by atoms with van der Waals surface area (Å²) >= 11 is 0. The quantitative estimate of drug-likeness (QED) is 0.273. The Balaban J connectivity index is 1.25. The molecule has 0 radical (unpaired) electrons. The number of anilines is 1. The number of piperazine rings is 1. The molecule has 48 heavy (non-hydrogen) atoms. The lowest BCUT2D eigenvalue weighted by molar-refractivity contribution is 0.0845. The van der Waals surface area contributed by atoms with Gasteiger partial charge in [0.25, 0.3) is 11.5 Å². The van der Waals surface area contributed by atoms with Crippen LogP contribution in [0, 0.1) is 13.8 Å². The third kappa shape index (κ3) is 7.94. The molecular weight excluding hydrogens is 598 g/mol. The van der Waals surface area contributed by atoms with Crippen LogP contribution in [0.4, 0.5) is 5.69 Å². The van der Waals surface area contributed by atoms with Crippen molar-refractivity contribution in [3.8, 4) is 0 Å². The molecule has 0 spiro atoms. The molecule has 8 nitrogen and oxygen atoms in total. The van der Waals surface area contributed by atoms with Crippen LogP contribution < -0.4 is 15.8 Å². The van der Waals surface area contributed by atoms with E-state index in [2.05, 4.69) is 88.4 Å². The number of aromatic nitrogens is 1. The predicted molar refractivity (Wildman–Crippen MR) is 196 cm³/mol. The number of nitrogens with one attached hydrogen (secondary N) is 2. The number of hydrogen-bond donors (Lipinski definition) is 2. The zero-order valence-electron chi connectivity index (χ0n) is 29.4. The highest BCUT2D eigenvalue weighted by atomic mass is 16.5. The maximum atomic E-state index is 13.9. The number of likely N-dealkylation sites (N-methyl/N-ethyl adjacent to an activating group) is 1. The van der Waals surface area contributed by atoms with Crippen LogP contribution in [0.25, 0.3) is 12.2 Å². The molecule has 0 bridgehead atoms. The Labute approximate surface area is 286 Å². The Bertz CT molecular complexity index is 1660. The zero-order chi connectivity index (χ0) is 33.6. The van der Waals surface area contributed by atoms with Crippen molar-refractivity contribution in [1.82, 2.24) is 20.1 Å². The van der Waals surface area contributed by atoms with Gasteiger partial charge in [0.2, 0.25) is 0 Å². The molecule has 3 aliphatic rings. The highest BCUT2D eigenvalue weighted by Crippen LogP contribution is 2.31. The number of carbonyl (C=O) groups excluding carboxylic acids is 1. The molecule has 2 saturated heterocycles. The molecule has 0 atom stereocenters. The minimum absolute atomic E-state index is 0.0891. The third-order valence-electron chi connectivity index (χ3n) is 10.7. The Morgan fingerprint density at radius 3 is 2.42 bits per heavy atom. The summed E-state index contributed by atoms with van der Waals surface area (Å²) in [4.78, 5) is 37.5. The number of aryl methyl sites for hydroxylation is 1. The van der Waals surface area contributed by atoms with Crippen molar-refractivity contribution in [1.29, 1.82) is 0 Å². The number of benzene rings is 2. The number of ether oxygens (including phenoxy) is 1. The van der Waals surface area contributed by atoms with Gasteiger partial charge in [-0.3, -0.25) is 14.5 Å². The number of nitrogens with zero attached hydrogens (tertiary/aromatic N) is 3. The molecule has 1 aliphatic carbocycles. The number of carbonyl (C=O) groups is 1. The first-order valence-corrected chi connectivity index (χ1v) is 18.0. The van der Waals surface area contributed by atoms with Crippen LogP contribution in [0.5, 0.6) is 0 Å². The van der Waals surface area contributed by atoms with Crippen molar-refractivity contribution in [3.05, 3.63) is 97.0 Å². The number of pyridine rings is 1. The van der Waals surface area contributed by atoms with E-state index in [1.165, 1.54) is 11.1 Å². The predicted octanol–water partition coefficient (Wildman–Crippen LogP) is 5.72. The summed E-state index contributed by atoms with van der Waals surface area (Å²) in [6.45, 7) is 14.3. The van der Waals surface area contributed by atoms with Gasteiger partial charge in [0.1, 0.15) is 0 Å². The maximum Gasteiger partial charge on any atom is 0.253 e. The summed E-state index contributed by atoms with van der Waals surface area (Å²) in [6, 6.07) is 13.4. The highest BCUT2D eigenvalue weighted by molar-refractivity contribution is 5.98. The second-order valence-corrected chi connectivity index (χ2v) is 13.9. The molecule has 2 aromatic carbocycles. The Morgan fingerprint density at radius 2 is 1.69 bits per heavy atom. The van der Waals surface area contributed by atoms with E-state index in [0.717, 1.165) is 125 Å². The first-order valence-electron chi connectivity index (χ1n) is 18.0. The fourth-order valence-corrected chi connectivity index (χ4v) is 7.66. The first-order chi connectivity index (χ1) is 23.3. The number of aromatic amines is 1. The van der Waals surface area contributed by atoms with Gasteiger partial charge in [-0.1, -0.05) is 36.4 Å². The van der Waals surface area contributed by atoms with Crippen LogP contribution >= 0.6 is 0 Å². The summed E-state index contributed by atoms with van der Waals surface area (Å²) in [5, 5.41) is 3.12. The monoisotopic (exact) mass is 651 g/mol. The van der Waals surface area contributed by atoms with Gasteiger partial charge in [-0.2, -0.15) is 0 Å². The van der Waals surface area contributed by atoms with Crippen LogP contribution in [-0.4, -0.2) is 79.7 Å². The molecule has 256 valence electrons.